The minimum absolute atomic E-state index is 0.0753. The van der Waals surface area contributed by atoms with Gasteiger partial charge in [-0.2, -0.15) is 0 Å². The highest BCUT2D eigenvalue weighted by Crippen LogP contribution is 2.27. The molecular formula is C17H21N3O2. The van der Waals surface area contributed by atoms with Crippen molar-refractivity contribution in [2.45, 2.75) is 32.2 Å². The number of fused-ring (bicyclic) bond motifs is 3. The average molecular weight is 299 g/mol. The van der Waals surface area contributed by atoms with E-state index < -0.39 is 0 Å². The van der Waals surface area contributed by atoms with Crippen LogP contribution >= 0.6 is 0 Å². The first kappa shape index (κ1) is 13.8. The second-order valence-electron chi connectivity index (χ2n) is 6.49. The van der Waals surface area contributed by atoms with Crippen molar-refractivity contribution in [1.82, 2.24) is 15.2 Å². The van der Waals surface area contributed by atoms with Gasteiger partial charge < -0.3 is 14.6 Å². The van der Waals surface area contributed by atoms with E-state index in [4.69, 9.17) is 4.42 Å². The molecule has 116 valence electrons. The lowest BCUT2D eigenvalue weighted by Gasteiger charge is -2.30. The minimum atomic E-state index is -0.0753. The molecule has 2 aromatic rings. The van der Waals surface area contributed by atoms with Crippen molar-refractivity contribution < 1.29 is 9.21 Å². The van der Waals surface area contributed by atoms with Gasteiger partial charge in [-0.05, 0) is 37.4 Å². The number of carbonyl (C=O) groups is 1. The Balaban J connectivity index is 1.50. The predicted octanol–water partition coefficient (Wildman–Crippen LogP) is 2.21. The van der Waals surface area contributed by atoms with Crippen LogP contribution in [0.5, 0.6) is 0 Å². The fourth-order valence-corrected chi connectivity index (χ4v) is 3.72. The van der Waals surface area contributed by atoms with Crippen molar-refractivity contribution in [3.63, 3.8) is 0 Å². The lowest BCUT2D eigenvalue weighted by atomic mass is 9.97. The van der Waals surface area contributed by atoms with Gasteiger partial charge in [-0.15, -0.1) is 0 Å². The zero-order valence-corrected chi connectivity index (χ0v) is 12.8. The second kappa shape index (κ2) is 5.39. The quantitative estimate of drug-likeness (QED) is 0.944. The number of furan rings is 1. The summed E-state index contributed by atoms with van der Waals surface area (Å²) in [4.78, 5) is 19.1. The molecule has 5 nitrogen and oxygen atoms in total. The molecule has 0 saturated carbocycles. The van der Waals surface area contributed by atoms with E-state index in [-0.39, 0.29) is 11.9 Å². The van der Waals surface area contributed by atoms with E-state index in [1.807, 2.05) is 19.1 Å². The largest absolute Gasteiger partial charge is 0.459 e. The molecule has 4 rings (SSSR count). The van der Waals surface area contributed by atoms with Crippen LogP contribution in [-0.2, 0) is 6.42 Å². The Morgan fingerprint density at radius 2 is 2.36 bits per heavy atom. The molecule has 2 aliphatic heterocycles. The lowest BCUT2D eigenvalue weighted by Crippen LogP contribution is -2.47. The summed E-state index contributed by atoms with van der Waals surface area (Å²) in [6.45, 7) is 5.39. The first-order chi connectivity index (χ1) is 10.7. The molecule has 2 fully saturated rings. The fourth-order valence-electron chi connectivity index (χ4n) is 3.72. The number of carbonyl (C=O) groups excluding carboxylic acids is 1. The summed E-state index contributed by atoms with van der Waals surface area (Å²) in [7, 11) is 0. The summed E-state index contributed by atoms with van der Waals surface area (Å²) in [5, 5.41) is 4.10. The molecule has 5 heteroatoms. The summed E-state index contributed by atoms with van der Waals surface area (Å²) in [6, 6.07) is 4.06. The Morgan fingerprint density at radius 3 is 3.18 bits per heavy atom. The molecule has 4 heterocycles. The van der Waals surface area contributed by atoms with Gasteiger partial charge in [0.15, 0.2) is 5.58 Å². The smallest absolute Gasteiger partial charge is 0.270 e. The SMILES string of the molecule is CCc1cc2cc(C(=O)N[C@@H]3C[C@@H]4CCN(C4)C3)ncc2o1. The summed E-state index contributed by atoms with van der Waals surface area (Å²) in [6.07, 6.45) is 4.86. The molecule has 2 aliphatic rings. The number of nitrogens with zero attached hydrogens (tertiary/aromatic N) is 2. The Labute approximate surface area is 129 Å². The third kappa shape index (κ3) is 2.50. The minimum Gasteiger partial charge on any atom is -0.459 e. The highest BCUT2D eigenvalue weighted by atomic mass is 16.3. The third-order valence-corrected chi connectivity index (χ3v) is 4.84. The number of pyridine rings is 1. The van der Waals surface area contributed by atoms with Gasteiger partial charge in [-0.1, -0.05) is 6.92 Å². The molecule has 0 aromatic carbocycles. The van der Waals surface area contributed by atoms with Gasteiger partial charge in [0.2, 0.25) is 0 Å². The van der Waals surface area contributed by atoms with Crippen LogP contribution in [0.25, 0.3) is 11.0 Å². The summed E-state index contributed by atoms with van der Waals surface area (Å²) >= 11 is 0. The van der Waals surface area contributed by atoms with Gasteiger partial charge in [0.25, 0.3) is 5.91 Å². The molecular weight excluding hydrogens is 278 g/mol. The molecule has 1 amide bonds. The van der Waals surface area contributed by atoms with Gasteiger partial charge in [-0.3, -0.25) is 4.79 Å². The lowest BCUT2D eigenvalue weighted by molar-refractivity contribution is 0.0904. The highest BCUT2D eigenvalue weighted by Gasteiger charge is 2.33. The van der Waals surface area contributed by atoms with E-state index in [1.54, 1.807) is 6.20 Å². The summed E-state index contributed by atoms with van der Waals surface area (Å²) in [5.74, 6) is 1.59. The summed E-state index contributed by atoms with van der Waals surface area (Å²) in [5.41, 5.74) is 1.22. The van der Waals surface area contributed by atoms with E-state index >= 15 is 0 Å². The average Bonchev–Trinajstić information content (AvgIpc) is 3.09. The monoisotopic (exact) mass is 299 g/mol. The number of rotatable bonds is 3. The fraction of sp³-hybridized carbons (Fsp3) is 0.529. The van der Waals surface area contributed by atoms with Crippen molar-refractivity contribution in [2.24, 2.45) is 5.92 Å². The zero-order valence-electron chi connectivity index (χ0n) is 12.8. The van der Waals surface area contributed by atoms with Crippen LogP contribution < -0.4 is 5.32 Å². The van der Waals surface area contributed by atoms with Crippen LogP contribution in [0.15, 0.2) is 22.7 Å². The standard InChI is InChI=1S/C17H21N3O2/c1-2-14-6-12-7-15(18-8-16(12)22-14)17(21)19-13-5-11-3-4-20(9-11)10-13/h6-8,11,13H,2-5,9-10H2,1H3,(H,19,21)/t11-,13+/m0/s1. The van der Waals surface area contributed by atoms with Gasteiger partial charge in [-0.25, -0.2) is 4.98 Å². The molecule has 0 radical (unpaired) electrons. The molecule has 0 spiro atoms. The van der Waals surface area contributed by atoms with Crippen LogP contribution in [0.3, 0.4) is 0 Å². The van der Waals surface area contributed by atoms with Gasteiger partial charge >= 0.3 is 0 Å². The van der Waals surface area contributed by atoms with Crippen molar-refractivity contribution in [3.8, 4) is 0 Å². The highest BCUT2D eigenvalue weighted by molar-refractivity contribution is 5.95. The molecule has 2 saturated heterocycles. The van der Waals surface area contributed by atoms with Crippen LogP contribution in [0.2, 0.25) is 0 Å². The number of hydrogen-bond acceptors (Lipinski definition) is 4. The van der Waals surface area contributed by atoms with Crippen molar-refractivity contribution in [2.75, 3.05) is 19.6 Å². The number of piperidine rings is 1. The number of nitrogens with one attached hydrogen (secondary N) is 1. The Bertz CT molecular complexity index is 697. The Hall–Kier alpha value is -1.88. The number of aryl methyl sites for hydroxylation is 1. The molecule has 0 aliphatic carbocycles. The van der Waals surface area contributed by atoms with E-state index in [0.717, 1.165) is 42.0 Å². The van der Waals surface area contributed by atoms with Crippen molar-refractivity contribution >= 4 is 16.9 Å². The van der Waals surface area contributed by atoms with Gasteiger partial charge in [0.05, 0.1) is 6.20 Å². The number of hydrogen-bond donors (Lipinski definition) is 1. The second-order valence-corrected chi connectivity index (χ2v) is 6.49. The van der Waals surface area contributed by atoms with Crippen LogP contribution in [0, 0.1) is 5.92 Å². The first-order valence-corrected chi connectivity index (χ1v) is 8.13. The van der Waals surface area contributed by atoms with E-state index in [1.165, 1.54) is 19.5 Å². The van der Waals surface area contributed by atoms with Crippen LogP contribution in [0.1, 0.15) is 36.0 Å². The topological polar surface area (TPSA) is 58.4 Å². The maximum absolute atomic E-state index is 12.4. The molecule has 1 N–H and O–H groups in total. The third-order valence-electron chi connectivity index (χ3n) is 4.84. The van der Waals surface area contributed by atoms with E-state index in [9.17, 15) is 4.79 Å². The van der Waals surface area contributed by atoms with Crippen molar-refractivity contribution in [3.05, 3.63) is 29.8 Å². The maximum atomic E-state index is 12.4. The Kier molecular flexibility index (Phi) is 3.37. The van der Waals surface area contributed by atoms with Crippen LogP contribution in [-0.4, -0.2) is 41.5 Å². The van der Waals surface area contributed by atoms with E-state index in [2.05, 4.69) is 15.2 Å². The normalized spacial score (nSPS) is 27.2. The molecule has 1 unspecified atom stereocenters. The van der Waals surface area contributed by atoms with Gasteiger partial charge in [0.1, 0.15) is 11.5 Å². The Morgan fingerprint density at radius 1 is 1.45 bits per heavy atom. The summed E-state index contributed by atoms with van der Waals surface area (Å²) < 4.78 is 5.64. The van der Waals surface area contributed by atoms with Crippen molar-refractivity contribution in [1.29, 1.82) is 0 Å². The number of aromatic nitrogens is 1. The molecule has 3 atom stereocenters. The zero-order chi connectivity index (χ0) is 15.1. The predicted molar refractivity (Wildman–Crippen MR) is 83.8 cm³/mol. The van der Waals surface area contributed by atoms with E-state index in [0.29, 0.717) is 5.69 Å². The first-order valence-electron chi connectivity index (χ1n) is 8.13. The molecule has 22 heavy (non-hydrogen) atoms. The molecule has 2 bridgehead atoms. The van der Waals surface area contributed by atoms with Gasteiger partial charge in [0, 0.05) is 30.9 Å². The molecule has 2 aromatic heterocycles. The number of amides is 1. The van der Waals surface area contributed by atoms with Crippen LogP contribution in [0.4, 0.5) is 0 Å². The maximum Gasteiger partial charge on any atom is 0.270 e.